The number of H-pyrrole nitrogens is 1. The van der Waals surface area contributed by atoms with Gasteiger partial charge in [-0.25, -0.2) is 4.98 Å². The average Bonchev–Trinajstić information content (AvgIpc) is 2.85. The molecule has 2 nitrogen and oxygen atoms in total. The minimum Gasteiger partial charge on any atom is -0.343 e. The van der Waals surface area contributed by atoms with Gasteiger partial charge in [-0.2, -0.15) is 0 Å². The molecular formula is C18H22N2. The molecule has 3 rings (SSSR count). The lowest BCUT2D eigenvalue weighted by molar-refractivity contribution is 0.751. The predicted octanol–water partition coefficient (Wildman–Crippen LogP) is 4.98. The van der Waals surface area contributed by atoms with Crippen LogP contribution in [0.25, 0.3) is 17.1 Å². The smallest absolute Gasteiger partial charge is 0.138 e. The Labute approximate surface area is 120 Å². The van der Waals surface area contributed by atoms with Crippen LogP contribution in [0.3, 0.4) is 0 Å². The van der Waals surface area contributed by atoms with Crippen LogP contribution in [0.4, 0.5) is 0 Å². The van der Waals surface area contributed by atoms with Crippen LogP contribution in [0.1, 0.15) is 56.0 Å². The van der Waals surface area contributed by atoms with Crippen LogP contribution < -0.4 is 0 Å². The zero-order chi connectivity index (χ0) is 13.9. The number of rotatable bonds is 4. The number of aromatic nitrogens is 2. The first kappa shape index (κ1) is 13.2. The van der Waals surface area contributed by atoms with E-state index in [9.17, 15) is 0 Å². The summed E-state index contributed by atoms with van der Waals surface area (Å²) >= 11 is 0. The molecule has 1 N–H and O–H groups in total. The number of nitrogens with zero attached hydrogens (tertiary/aromatic N) is 1. The summed E-state index contributed by atoms with van der Waals surface area (Å²) in [4.78, 5) is 8.33. The number of aryl methyl sites for hydroxylation is 1. The summed E-state index contributed by atoms with van der Waals surface area (Å²) in [5.74, 6) is 0.470. The first-order chi connectivity index (χ1) is 9.79. The lowest BCUT2D eigenvalue weighted by atomic mass is 10.0. The van der Waals surface area contributed by atoms with E-state index in [1.54, 1.807) is 0 Å². The molecule has 1 aliphatic carbocycles. The quantitative estimate of drug-likeness (QED) is 0.777. The first-order valence-corrected chi connectivity index (χ1v) is 7.62. The maximum atomic E-state index is 4.84. The van der Waals surface area contributed by atoms with Gasteiger partial charge in [-0.15, -0.1) is 0 Å². The van der Waals surface area contributed by atoms with E-state index in [0.29, 0.717) is 5.92 Å². The second kappa shape index (κ2) is 5.66. The van der Waals surface area contributed by atoms with Crippen LogP contribution >= 0.6 is 0 Å². The van der Waals surface area contributed by atoms with Crippen molar-refractivity contribution < 1.29 is 0 Å². The zero-order valence-electron chi connectivity index (χ0n) is 12.3. The molecule has 0 fully saturated rings. The van der Waals surface area contributed by atoms with Crippen LogP contribution in [0, 0.1) is 0 Å². The molecule has 0 aromatic carbocycles. The normalized spacial score (nSPS) is 15.9. The molecule has 0 amide bonds. The van der Waals surface area contributed by atoms with Gasteiger partial charge in [0, 0.05) is 28.3 Å². The standard InChI is InChI=1S/C18H22N2/c1-3-4-5-8-13(2)16-12-11-15-14-9-6-7-10-17(14)20-18(15)19-16/h4-6,9,11-13H,3,7-8,10H2,1-2H3,(H,19,20)/b5-4-. The summed E-state index contributed by atoms with van der Waals surface area (Å²) in [7, 11) is 0. The van der Waals surface area contributed by atoms with E-state index in [4.69, 9.17) is 4.98 Å². The summed E-state index contributed by atoms with van der Waals surface area (Å²) in [5, 5.41) is 1.26. The van der Waals surface area contributed by atoms with E-state index in [2.05, 4.69) is 55.3 Å². The van der Waals surface area contributed by atoms with Gasteiger partial charge in [0.15, 0.2) is 0 Å². The highest BCUT2D eigenvalue weighted by Gasteiger charge is 2.14. The van der Waals surface area contributed by atoms with Crippen molar-refractivity contribution in [3.8, 4) is 0 Å². The second-order valence-electron chi connectivity index (χ2n) is 5.61. The molecule has 0 saturated heterocycles. The van der Waals surface area contributed by atoms with Gasteiger partial charge in [-0.05, 0) is 37.8 Å². The molecule has 1 unspecified atom stereocenters. The van der Waals surface area contributed by atoms with Crippen LogP contribution in [0.2, 0.25) is 0 Å². The minimum atomic E-state index is 0.470. The van der Waals surface area contributed by atoms with Crippen LogP contribution in [0.15, 0.2) is 30.4 Å². The molecule has 0 spiro atoms. The number of nitrogens with one attached hydrogen (secondary N) is 1. The van der Waals surface area contributed by atoms with Crippen LogP contribution in [-0.2, 0) is 6.42 Å². The number of hydrogen-bond donors (Lipinski definition) is 1. The molecule has 2 heteroatoms. The Morgan fingerprint density at radius 3 is 3.10 bits per heavy atom. The topological polar surface area (TPSA) is 28.7 Å². The van der Waals surface area contributed by atoms with Gasteiger partial charge in [-0.3, -0.25) is 0 Å². The molecule has 104 valence electrons. The Kier molecular flexibility index (Phi) is 3.72. The second-order valence-corrected chi connectivity index (χ2v) is 5.61. The molecular weight excluding hydrogens is 244 g/mol. The number of allylic oxidation sites excluding steroid dienone is 3. The van der Waals surface area contributed by atoms with Crippen molar-refractivity contribution in [2.24, 2.45) is 0 Å². The molecule has 1 atom stereocenters. The number of aromatic amines is 1. The maximum Gasteiger partial charge on any atom is 0.138 e. The Morgan fingerprint density at radius 2 is 2.25 bits per heavy atom. The van der Waals surface area contributed by atoms with Crippen molar-refractivity contribution in [1.82, 2.24) is 9.97 Å². The van der Waals surface area contributed by atoms with Crippen molar-refractivity contribution in [2.75, 3.05) is 0 Å². The van der Waals surface area contributed by atoms with Crippen molar-refractivity contribution in [2.45, 2.75) is 45.4 Å². The summed E-state index contributed by atoms with van der Waals surface area (Å²) in [6, 6.07) is 4.41. The van der Waals surface area contributed by atoms with Crippen molar-refractivity contribution in [3.05, 3.63) is 47.3 Å². The van der Waals surface area contributed by atoms with E-state index in [0.717, 1.165) is 31.3 Å². The van der Waals surface area contributed by atoms with Crippen molar-refractivity contribution >= 4 is 17.1 Å². The third-order valence-electron chi connectivity index (χ3n) is 4.04. The van der Waals surface area contributed by atoms with Gasteiger partial charge < -0.3 is 4.98 Å². The maximum absolute atomic E-state index is 4.84. The van der Waals surface area contributed by atoms with Crippen LogP contribution in [0.5, 0.6) is 0 Å². The molecule has 1 aliphatic rings. The van der Waals surface area contributed by atoms with Gasteiger partial charge >= 0.3 is 0 Å². The summed E-state index contributed by atoms with van der Waals surface area (Å²) in [5.41, 5.74) is 4.90. The molecule has 2 heterocycles. The van der Waals surface area contributed by atoms with Gasteiger partial charge in [0.25, 0.3) is 0 Å². The van der Waals surface area contributed by atoms with Gasteiger partial charge in [0.05, 0.1) is 0 Å². The highest BCUT2D eigenvalue weighted by atomic mass is 14.9. The van der Waals surface area contributed by atoms with Gasteiger partial charge in [0.1, 0.15) is 5.65 Å². The highest BCUT2D eigenvalue weighted by Crippen LogP contribution is 2.28. The fraction of sp³-hybridized carbons (Fsp3) is 0.389. The first-order valence-electron chi connectivity index (χ1n) is 7.62. The predicted molar refractivity (Wildman–Crippen MR) is 85.9 cm³/mol. The molecule has 0 bridgehead atoms. The monoisotopic (exact) mass is 266 g/mol. The van der Waals surface area contributed by atoms with E-state index >= 15 is 0 Å². The number of hydrogen-bond acceptors (Lipinski definition) is 1. The highest BCUT2D eigenvalue weighted by molar-refractivity contribution is 5.88. The summed E-state index contributed by atoms with van der Waals surface area (Å²) < 4.78 is 0. The van der Waals surface area contributed by atoms with Crippen molar-refractivity contribution in [3.63, 3.8) is 0 Å². The lowest BCUT2D eigenvalue weighted by Gasteiger charge is -2.08. The fourth-order valence-corrected chi connectivity index (χ4v) is 2.84. The van der Waals surface area contributed by atoms with Gasteiger partial charge in [-0.1, -0.05) is 38.2 Å². The molecule has 0 radical (unpaired) electrons. The Bertz CT molecular complexity index is 661. The van der Waals surface area contributed by atoms with E-state index in [1.165, 1.54) is 22.3 Å². The minimum absolute atomic E-state index is 0.470. The summed E-state index contributed by atoms with van der Waals surface area (Å²) in [6.07, 6.45) is 13.4. The third-order valence-corrected chi connectivity index (χ3v) is 4.04. The largest absolute Gasteiger partial charge is 0.343 e. The Hall–Kier alpha value is -1.83. The Morgan fingerprint density at radius 1 is 1.35 bits per heavy atom. The SMILES string of the molecule is CC/C=C\CC(C)c1ccc2c3c([nH]c2n1)CCC=C3. The van der Waals surface area contributed by atoms with E-state index < -0.39 is 0 Å². The number of pyridine rings is 1. The molecule has 0 aliphatic heterocycles. The Balaban J connectivity index is 1.91. The van der Waals surface area contributed by atoms with Crippen molar-refractivity contribution in [1.29, 1.82) is 0 Å². The number of fused-ring (bicyclic) bond motifs is 3. The molecule has 2 aromatic heterocycles. The zero-order valence-corrected chi connectivity index (χ0v) is 12.3. The lowest BCUT2D eigenvalue weighted by Crippen LogP contribution is -1.96. The van der Waals surface area contributed by atoms with E-state index in [-0.39, 0.29) is 0 Å². The fourth-order valence-electron chi connectivity index (χ4n) is 2.84. The van der Waals surface area contributed by atoms with Crippen LogP contribution in [-0.4, -0.2) is 9.97 Å². The molecule has 2 aromatic rings. The van der Waals surface area contributed by atoms with Gasteiger partial charge in [0.2, 0.25) is 0 Å². The summed E-state index contributed by atoms with van der Waals surface area (Å²) in [6.45, 7) is 4.42. The van der Waals surface area contributed by atoms with E-state index in [1.807, 2.05) is 0 Å². The molecule has 20 heavy (non-hydrogen) atoms. The molecule has 0 saturated carbocycles. The third kappa shape index (κ3) is 2.43. The average molecular weight is 266 g/mol.